The minimum absolute atomic E-state index is 0. The van der Waals surface area contributed by atoms with Gasteiger partial charge in [-0.05, 0) is 29.7 Å². The van der Waals surface area contributed by atoms with Crippen LogP contribution in [0.15, 0.2) is 22.5 Å². The first-order chi connectivity index (χ1) is 13.4. The first kappa shape index (κ1) is 23.5. The number of guanidine groups is 1. The molecule has 0 saturated heterocycles. The van der Waals surface area contributed by atoms with Crippen LogP contribution >= 0.6 is 35.3 Å². The number of alkyl halides is 3. The SMILES string of the molecule is CN=C(NCc1nc(C(F)(F)F)cs1)N1CCc2cc(OC)c(OC)cc2C1.I. The third-order valence-electron chi connectivity index (χ3n) is 4.47. The van der Waals surface area contributed by atoms with Crippen molar-refractivity contribution >= 4 is 41.3 Å². The lowest BCUT2D eigenvalue weighted by Crippen LogP contribution is -2.43. The fourth-order valence-electron chi connectivity index (χ4n) is 3.07. The number of nitrogens with one attached hydrogen (secondary N) is 1. The molecule has 2 aromatic rings. The molecule has 11 heteroatoms. The molecular formula is C18H22F3IN4O2S. The van der Waals surface area contributed by atoms with Crippen LogP contribution in [0.5, 0.6) is 11.5 Å². The summed E-state index contributed by atoms with van der Waals surface area (Å²) in [7, 11) is 4.85. The first-order valence-electron chi connectivity index (χ1n) is 8.56. The fourth-order valence-corrected chi connectivity index (χ4v) is 3.81. The number of methoxy groups -OCH3 is 2. The van der Waals surface area contributed by atoms with Gasteiger partial charge in [-0.25, -0.2) is 4.98 Å². The van der Waals surface area contributed by atoms with Crippen LogP contribution < -0.4 is 14.8 Å². The lowest BCUT2D eigenvalue weighted by atomic mass is 9.99. The van der Waals surface area contributed by atoms with Crippen LogP contribution in [0.2, 0.25) is 0 Å². The van der Waals surface area contributed by atoms with E-state index in [1.165, 1.54) is 5.56 Å². The van der Waals surface area contributed by atoms with Crippen molar-refractivity contribution in [2.24, 2.45) is 4.99 Å². The first-order valence-corrected chi connectivity index (χ1v) is 9.44. The van der Waals surface area contributed by atoms with Crippen molar-refractivity contribution in [1.82, 2.24) is 15.2 Å². The Morgan fingerprint density at radius 2 is 1.90 bits per heavy atom. The number of halogens is 4. The highest BCUT2D eigenvalue weighted by Gasteiger charge is 2.33. The minimum atomic E-state index is -4.42. The van der Waals surface area contributed by atoms with E-state index in [-0.39, 0.29) is 30.5 Å². The molecule has 1 aromatic carbocycles. The van der Waals surface area contributed by atoms with Crippen LogP contribution in [0.25, 0.3) is 0 Å². The van der Waals surface area contributed by atoms with Gasteiger partial charge in [0.2, 0.25) is 0 Å². The smallest absolute Gasteiger partial charge is 0.434 e. The van der Waals surface area contributed by atoms with E-state index in [2.05, 4.69) is 15.3 Å². The molecule has 0 bridgehead atoms. The van der Waals surface area contributed by atoms with Crippen molar-refractivity contribution in [3.63, 3.8) is 0 Å². The zero-order valence-corrected chi connectivity index (χ0v) is 19.3. The number of benzene rings is 1. The van der Waals surface area contributed by atoms with Crippen molar-refractivity contribution in [3.8, 4) is 11.5 Å². The summed E-state index contributed by atoms with van der Waals surface area (Å²) in [6.45, 7) is 1.53. The molecular weight excluding hydrogens is 520 g/mol. The molecule has 1 aliphatic heterocycles. The third-order valence-corrected chi connectivity index (χ3v) is 5.32. The Morgan fingerprint density at radius 1 is 1.24 bits per heavy atom. The number of fused-ring (bicyclic) bond motifs is 1. The van der Waals surface area contributed by atoms with Gasteiger partial charge >= 0.3 is 6.18 Å². The summed E-state index contributed by atoms with van der Waals surface area (Å²) in [5, 5.41) is 4.49. The summed E-state index contributed by atoms with van der Waals surface area (Å²) in [5.74, 6) is 1.97. The second kappa shape index (κ2) is 9.83. The quantitative estimate of drug-likeness (QED) is 0.361. The van der Waals surface area contributed by atoms with E-state index < -0.39 is 11.9 Å². The number of aliphatic imine (C=N–C) groups is 1. The Hall–Kier alpha value is -1.76. The summed E-state index contributed by atoms with van der Waals surface area (Å²) < 4.78 is 48.8. The Morgan fingerprint density at radius 3 is 2.45 bits per heavy atom. The van der Waals surface area contributed by atoms with Crippen LogP contribution in [0.4, 0.5) is 13.2 Å². The van der Waals surface area contributed by atoms with Crippen LogP contribution in [0.1, 0.15) is 21.8 Å². The predicted octanol–water partition coefficient (Wildman–Crippen LogP) is 3.93. The number of rotatable bonds is 4. The van der Waals surface area contributed by atoms with Crippen LogP contribution in [0, 0.1) is 0 Å². The van der Waals surface area contributed by atoms with E-state index in [1.54, 1.807) is 21.3 Å². The highest BCUT2D eigenvalue weighted by molar-refractivity contribution is 14.0. The van der Waals surface area contributed by atoms with E-state index in [0.717, 1.165) is 35.2 Å². The average Bonchev–Trinajstić information content (AvgIpc) is 3.16. The molecule has 0 radical (unpaired) electrons. The van der Waals surface area contributed by atoms with Crippen molar-refractivity contribution in [2.45, 2.75) is 25.7 Å². The van der Waals surface area contributed by atoms with Crippen molar-refractivity contribution < 1.29 is 22.6 Å². The molecule has 1 aromatic heterocycles. The van der Waals surface area contributed by atoms with Crippen molar-refractivity contribution in [2.75, 3.05) is 27.8 Å². The molecule has 1 aliphatic rings. The maximum Gasteiger partial charge on any atom is 0.434 e. The second-order valence-electron chi connectivity index (χ2n) is 6.17. The van der Waals surface area contributed by atoms with E-state index in [9.17, 15) is 13.2 Å². The Bertz CT molecular complexity index is 873. The number of ether oxygens (including phenoxy) is 2. The fraction of sp³-hybridized carbons (Fsp3) is 0.444. The lowest BCUT2D eigenvalue weighted by Gasteiger charge is -2.32. The molecule has 0 aliphatic carbocycles. The van der Waals surface area contributed by atoms with Gasteiger partial charge in [-0.2, -0.15) is 13.2 Å². The van der Waals surface area contributed by atoms with Crippen LogP contribution in [-0.2, 0) is 25.7 Å². The third kappa shape index (κ3) is 5.44. The topological polar surface area (TPSA) is 59.0 Å². The zero-order chi connectivity index (χ0) is 20.3. The van der Waals surface area contributed by atoms with E-state index in [1.807, 2.05) is 17.0 Å². The monoisotopic (exact) mass is 542 g/mol. The molecule has 1 N–H and O–H groups in total. The number of hydrogen-bond donors (Lipinski definition) is 1. The predicted molar refractivity (Wildman–Crippen MR) is 116 cm³/mol. The second-order valence-corrected chi connectivity index (χ2v) is 7.12. The van der Waals surface area contributed by atoms with Gasteiger partial charge in [0, 0.05) is 25.5 Å². The van der Waals surface area contributed by atoms with E-state index in [4.69, 9.17) is 9.47 Å². The minimum Gasteiger partial charge on any atom is -0.493 e. The number of hydrogen-bond acceptors (Lipinski definition) is 5. The number of aromatic nitrogens is 1. The summed E-state index contributed by atoms with van der Waals surface area (Å²) in [4.78, 5) is 9.95. The van der Waals surface area contributed by atoms with E-state index in [0.29, 0.717) is 29.0 Å². The van der Waals surface area contributed by atoms with Gasteiger partial charge in [-0.3, -0.25) is 4.99 Å². The molecule has 0 fully saturated rings. The Labute approximate surface area is 188 Å². The molecule has 0 unspecified atom stereocenters. The molecule has 6 nitrogen and oxygen atoms in total. The van der Waals surface area contributed by atoms with Gasteiger partial charge in [-0.15, -0.1) is 35.3 Å². The molecule has 0 atom stereocenters. The normalized spacial score (nSPS) is 14.1. The highest BCUT2D eigenvalue weighted by atomic mass is 127. The standard InChI is InChI=1S/C18H21F3N4O2S.HI/c1-22-17(23-8-16-24-15(10-28-16)18(19,20)21)25-5-4-11-6-13(26-2)14(27-3)7-12(11)9-25;/h6-7,10H,4-5,8-9H2,1-3H3,(H,22,23);1H. The molecule has 0 saturated carbocycles. The zero-order valence-electron chi connectivity index (χ0n) is 16.2. The number of thiazole rings is 1. The molecule has 0 spiro atoms. The lowest BCUT2D eigenvalue weighted by molar-refractivity contribution is -0.140. The summed E-state index contributed by atoms with van der Waals surface area (Å²) in [5.41, 5.74) is 1.41. The molecule has 160 valence electrons. The Balaban J connectivity index is 0.00000300. The summed E-state index contributed by atoms with van der Waals surface area (Å²) >= 11 is 0.976. The molecule has 3 rings (SSSR count). The average molecular weight is 542 g/mol. The van der Waals surface area contributed by atoms with E-state index >= 15 is 0 Å². The molecule has 0 amide bonds. The van der Waals surface area contributed by atoms with Gasteiger partial charge in [0.05, 0.1) is 20.8 Å². The van der Waals surface area contributed by atoms with Gasteiger partial charge in [-0.1, -0.05) is 0 Å². The van der Waals surface area contributed by atoms with Crippen LogP contribution in [-0.4, -0.2) is 43.7 Å². The largest absolute Gasteiger partial charge is 0.493 e. The van der Waals surface area contributed by atoms with Crippen molar-refractivity contribution in [1.29, 1.82) is 0 Å². The number of nitrogens with zero attached hydrogens (tertiary/aromatic N) is 3. The highest BCUT2D eigenvalue weighted by Crippen LogP contribution is 2.33. The van der Waals surface area contributed by atoms with Gasteiger partial charge in [0.15, 0.2) is 23.2 Å². The summed E-state index contributed by atoms with van der Waals surface area (Å²) in [6.07, 6.45) is -3.63. The van der Waals surface area contributed by atoms with Gasteiger partial charge in [0.25, 0.3) is 0 Å². The Kier molecular flexibility index (Phi) is 7.97. The van der Waals surface area contributed by atoms with Gasteiger partial charge < -0.3 is 19.7 Å². The summed E-state index contributed by atoms with van der Waals surface area (Å²) in [6, 6.07) is 3.93. The maximum absolute atomic E-state index is 12.7. The van der Waals surface area contributed by atoms with Gasteiger partial charge in [0.1, 0.15) is 5.01 Å². The molecule has 29 heavy (non-hydrogen) atoms. The van der Waals surface area contributed by atoms with Crippen LogP contribution in [0.3, 0.4) is 0 Å². The maximum atomic E-state index is 12.7. The van der Waals surface area contributed by atoms with Crippen molar-refractivity contribution in [3.05, 3.63) is 39.3 Å². The molecule has 2 heterocycles.